The predicted molar refractivity (Wildman–Crippen MR) is 96.1 cm³/mol. The first-order chi connectivity index (χ1) is 11.7. The molecular formula is C19H19FN3S+. The van der Waals surface area contributed by atoms with Gasteiger partial charge in [0.15, 0.2) is 16.2 Å². The molecule has 0 fully saturated rings. The molecule has 0 saturated carbocycles. The topological polar surface area (TPSA) is 24.3 Å². The van der Waals surface area contributed by atoms with Crippen LogP contribution in [-0.2, 0) is 0 Å². The van der Waals surface area contributed by atoms with E-state index in [4.69, 9.17) is 0 Å². The maximum absolute atomic E-state index is 13.4. The highest BCUT2D eigenvalue weighted by atomic mass is 32.2. The van der Waals surface area contributed by atoms with Crippen LogP contribution in [0.1, 0.15) is 18.9 Å². The Bertz CT molecular complexity index is 1010. The van der Waals surface area contributed by atoms with Gasteiger partial charge in [-0.1, -0.05) is 19.1 Å². The van der Waals surface area contributed by atoms with Gasteiger partial charge in [-0.2, -0.15) is 5.10 Å². The first kappa shape index (κ1) is 15.3. The minimum atomic E-state index is -0.212. The zero-order valence-corrected chi connectivity index (χ0v) is 14.5. The molecule has 4 aromatic rings. The third kappa shape index (κ3) is 2.31. The summed E-state index contributed by atoms with van der Waals surface area (Å²) < 4.78 is 17.7. The number of H-pyrrole nitrogens is 1. The van der Waals surface area contributed by atoms with Gasteiger partial charge in [0.2, 0.25) is 5.52 Å². The van der Waals surface area contributed by atoms with Crippen molar-refractivity contribution in [1.82, 2.24) is 9.73 Å². The molecule has 1 N–H and O–H groups in total. The molecule has 4 rings (SSSR count). The van der Waals surface area contributed by atoms with E-state index in [1.54, 1.807) is 0 Å². The summed E-state index contributed by atoms with van der Waals surface area (Å²) in [7, 11) is 0. The Morgan fingerprint density at radius 3 is 2.62 bits per heavy atom. The fourth-order valence-corrected chi connectivity index (χ4v) is 4.08. The Hall–Kier alpha value is -2.27. The van der Waals surface area contributed by atoms with E-state index in [9.17, 15) is 4.39 Å². The van der Waals surface area contributed by atoms with Crippen LogP contribution < -0.4 is 4.52 Å². The SMILES string of the molecule is CCCSc1c(C)c(-c2ccc(F)cc2)[n+]2c3ccccc3[nH]n12. The van der Waals surface area contributed by atoms with Crippen LogP contribution in [0.15, 0.2) is 53.6 Å². The van der Waals surface area contributed by atoms with Gasteiger partial charge in [-0.15, -0.1) is 16.3 Å². The first-order valence-electron chi connectivity index (χ1n) is 8.13. The average Bonchev–Trinajstić information content (AvgIpc) is 3.08. The summed E-state index contributed by atoms with van der Waals surface area (Å²) in [5.74, 6) is 0.850. The van der Waals surface area contributed by atoms with Gasteiger partial charge < -0.3 is 0 Å². The average molecular weight is 340 g/mol. The van der Waals surface area contributed by atoms with Crippen LogP contribution in [0.5, 0.6) is 0 Å². The third-order valence-corrected chi connectivity index (χ3v) is 5.56. The quantitative estimate of drug-likeness (QED) is 0.425. The molecule has 0 spiro atoms. The molecule has 0 atom stereocenters. The van der Waals surface area contributed by atoms with Crippen molar-refractivity contribution in [2.45, 2.75) is 25.3 Å². The number of hydrogen-bond donors (Lipinski definition) is 1. The van der Waals surface area contributed by atoms with Gasteiger partial charge in [-0.3, -0.25) is 0 Å². The summed E-state index contributed by atoms with van der Waals surface area (Å²) in [5, 5.41) is 4.68. The van der Waals surface area contributed by atoms with Gasteiger partial charge in [-0.05, 0) is 60.1 Å². The Kier molecular flexibility index (Phi) is 3.81. The van der Waals surface area contributed by atoms with Crippen molar-refractivity contribution >= 4 is 22.8 Å². The second-order valence-corrected chi connectivity index (χ2v) is 6.97. The number of hydrogen-bond acceptors (Lipinski definition) is 1. The lowest BCUT2D eigenvalue weighted by molar-refractivity contribution is -0.585. The van der Waals surface area contributed by atoms with E-state index < -0.39 is 0 Å². The molecule has 0 saturated heterocycles. The van der Waals surface area contributed by atoms with Crippen molar-refractivity contribution in [3.8, 4) is 11.3 Å². The fourth-order valence-electron chi connectivity index (χ4n) is 3.12. The maximum atomic E-state index is 13.4. The zero-order valence-electron chi connectivity index (χ0n) is 13.7. The highest BCUT2D eigenvalue weighted by Crippen LogP contribution is 2.31. The summed E-state index contributed by atoms with van der Waals surface area (Å²) >= 11 is 1.85. The Balaban J connectivity index is 2.06. The van der Waals surface area contributed by atoms with Crippen molar-refractivity contribution < 1.29 is 8.91 Å². The van der Waals surface area contributed by atoms with E-state index in [2.05, 4.69) is 40.2 Å². The number of para-hydroxylation sites is 2. The van der Waals surface area contributed by atoms with Crippen LogP contribution in [-0.4, -0.2) is 15.5 Å². The van der Waals surface area contributed by atoms with Crippen LogP contribution >= 0.6 is 11.8 Å². The summed E-state index contributed by atoms with van der Waals surface area (Å²) in [6.45, 7) is 4.33. The highest BCUT2D eigenvalue weighted by molar-refractivity contribution is 7.99. The minimum Gasteiger partial charge on any atom is -0.207 e. The summed E-state index contributed by atoms with van der Waals surface area (Å²) in [5.41, 5.74) is 5.53. The molecule has 2 aromatic carbocycles. The van der Waals surface area contributed by atoms with E-state index in [1.165, 1.54) is 22.7 Å². The largest absolute Gasteiger partial charge is 0.207 e. The lowest BCUT2D eigenvalue weighted by Gasteiger charge is -1.99. The van der Waals surface area contributed by atoms with Crippen molar-refractivity contribution in [3.63, 3.8) is 0 Å². The smallest absolute Gasteiger partial charge is 0.202 e. The van der Waals surface area contributed by atoms with Crippen LogP contribution in [0.3, 0.4) is 0 Å². The normalized spacial score (nSPS) is 11.6. The van der Waals surface area contributed by atoms with Crippen LogP contribution in [0, 0.1) is 12.7 Å². The number of aromatic amines is 1. The van der Waals surface area contributed by atoms with Gasteiger partial charge in [0.05, 0.1) is 0 Å². The van der Waals surface area contributed by atoms with Crippen molar-refractivity contribution in [3.05, 3.63) is 59.9 Å². The van der Waals surface area contributed by atoms with Gasteiger partial charge in [0, 0.05) is 11.1 Å². The Morgan fingerprint density at radius 1 is 1.12 bits per heavy atom. The van der Waals surface area contributed by atoms with Crippen molar-refractivity contribution in [2.24, 2.45) is 0 Å². The molecule has 0 amide bonds. The van der Waals surface area contributed by atoms with E-state index in [0.717, 1.165) is 34.5 Å². The number of nitrogens with zero attached hydrogens (tertiary/aromatic N) is 2. The number of halogens is 1. The van der Waals surface area contributed by atoms with Crippen LogP contribution in [0.4, 0.5) is 4.39 Å². The number of benzene rings is 2. The number of nitrogens with one attached hydrogen (secondary N) is 1. The second kappa shape index (κ2) is 5.98. The molecule has 0 aliphatic carbocycles. The minimum absolute atomic E-state index is 0.212. The Labute approximate surface area is 144 Å². The first-order valence-corrected chi connectivity index (χ1v) is 9.12. The molecule has 0 aliphatic heterocycles. The standard InChI is InChI=1S/C19H19FN3S/c1-3-12-24-19-13(2)18(14-8-10-15(20)11-9-14)22-17-7-5-4-6-16(17)21-23(19)22/h4-11,21H,3,12H2,1-2H3/q+1. The van der Waals surface area contributed by atoms with E-state index in [0.29, 0.717) is 0 Å². The number of thioether (sulfide) groups is 1. The second-order valence-electron chi connectivity index (χ2n) is 5.89. The lowest BCUT2D eigenvalue weighted by Crippen LogP contribution is -2.28. The van der Waals surface area contributed by atoms with Crippen molar-refractivity contribution in [2.75, 3.05) is 5.75 Å². The zero-order chi connectivity index (χ0) is 16.7. The Morgan fingerprint density at radius 2 is 1.88 bits per heavy atom. The number of fused-ring (bicyclic) bond motifs is 3. The third-order valence-electron chi connectivity index (χ3n) is 4.20. The lowest BCUT2D eigenvalue weighted by atomic mass is 10.1. The van der Waals surface area contributed by atoms with Gasteiger partial charge >= 0.3 is 0 Å². The van der Waals surface area contributed by atoms with Crippen LogP contribution in [0.25, 0.3) is 22.3 Å². The molecule has 0 unspecified atom stereocenters. The molecule has 2 heterocycles. The molecule has 2 aromatic heterocycles. The van der Waals surface area contributed by atoms with Crippen molar-refractivity contribution in [1.29, 1.82) is 0 Å². The van der Waals surface area contributed by atoms with Gasteiger partial charge in [0.25, 0.3) is 0 Å². The highest BCUT2D eigenvalue weighted by Gasteiger charge is 2.26. The summed E-state index contributed by atoms with van der Waals surface area (Å²) in [4.78, 5) is 0. The predicted octanol–water partition coefficient (Wildman–Crippen LogP) is 4.62. The number of aromatic nitrogens is 3. The molecule has 24 heavy (non-hydrogen) atoms. The molecule has 122 valence electrons. The monoisotopic (exact) mass is 340 g/mol. The van der Waals surface area contributed by atoms with E-state index in [1.807, 2.05) is 36.0 Å². The summed E-state index contributed by atoms with van der Waals surface area (Å²) in [6, 6.07) is 15.0. The van der Waals surface area contributed by atoms with E-state index in [-0.39, 0.29) is 5.82 Å². The molecule has 0 bridgehead atoms. The van der Waals surface area contributed by atoms with Gasteiger partial charge in [0.1, 0.15) is 5.82 Å². The van der Waals surface area contributed by atoms with Crippen LogP contribution in [0.2, 0.25) is 0 Å². The number of rotatable bonds is 4. The molecule has 0 radical (unpaired) electrons. The summed E-state index contributed by atoms with van der Waals surface area (Å²) in [6.07, 6.45) is 1.12. The molecular weight excluding hydrogens is 321 g/mol. The maximum Gasteiger partial charge on any atom is 0.202 e. The van der Waals surface area contributed by atoms with Gasteiger partial charge in [-0.25, -0.2) is 4.39 Å². The molecule has 5 heteroatoms. The molecule has 0 aliphatic rings. The molecule has 3 nitrogen and oxygen atoms in total. The van der Waals surface area contributed by atoms with E-state index >= 15 is 0 Å². The fraction of sp³-hybridized carbons (Fsp3) is 0.211.